The molecule has 0 amide bonds. The number of fused-ring (bicyclic) bond motifs is 5. The molecule has 5 aromatic rings. The second kappa shape index (κ2) is 4.46. The zero-order valence-electron chi connectivity index (χ0n) is 12.7. The van der Waals surface area contributed by atoms with Crippen LogP contribution in [0.2, 0.25) is 0 Å². The van der Waals surface area contributed by atoms with Crippen LogP contribution in [0.4, 0.5) is 0 Å². The van der Waals surface area contributed by atoms with Gasteiger partial charge in [0.05, 0.1) is 22.2 Å². The van der Waals surface area contributed by atoms with Gasteiger partial charge in [-0.1, -0.05) is 36.4 Å². The van der Waals surface area contributed by atoms with Crippen molar-refractivity contribution in [2.24, 2.45) is 0 Å². The molecule has 3 aromatic carbocycles. The van der Waals surface area contributed by atoms with Gasteiger partial charge in [-0.05, 0) is 36.8 Å². The molecule has 0 saturated carbocycles. The number of aromatic amines is 1. The van der Waals surface area contributed by atoms with E-state index in [1.165, 1.54) is 16.3 Å². The molecule has 0 aliphatic carbocycles. The summed E-state index contributed by atoms with van der Waals surface area (Å²) >= 11 is 0. The Morgan fingerprint density at radius 3 is 2.57 bits per heavy atom. The summed E-state index contributed by atoms with van der Waals surface area (Å²) in [6, 6.07) is 21.1. The molecule has 3 nitrogen and oxygen atoms in total. The van der Waals surface area contributed by atoms with Crippen LogP contribution in [0.15, 0.2) is 66.9 Å². The Hall–Kier alpha value is -3.07. The maximum absolute atomic E-state index is 4.84. The van der Waals surface area contributed by atoms with Crippen molar-refractivity contribution in [2.45, 2.75) is 6.92 Å². The molecule has 2 aromatic heterocycles. The van der Waals surface area contributed by atoms with Gasteiger partial charge in [-0.25, -0.2) is 4.98 Å². The normalized spacial score (nSPS) is 11.7. The van der Waals surface area contributed by atoms with Crippen LogP contribution in [0.1, 0.15) is 5.56 Å². The summed E-state index contributed by atoms with van der Waals surface area (Å²) in [5.41, 5.74) is 5.67. The Morgan fingerprint density at radius 1 is 0.826 bits per heavy atom. The first-order valence-corrected chi connectivity index (χ1v) is 7.76. The van der Waals surface area contributed by atoms with Crippen LogP contribution in [0.3, 0.4) is 0 Å². The van der Waals surface area contributed by atoms with E-state index in [2.05, 4.69) is 77.5 Å². The van der Waals surface area contributed by atoms with Crippen LogP contribution in [-0.4, -0.2) is 14.8 Å². The van der Waals surface area contributed by atoms with E-state index in [0.29, 0.717) is 0 Å². The van der Waals surface area contributed by atoms with Crippen LogP contribution in [-0.2, 0) is 0 Å². The Morgan fingerprint density at radius 2 is 1.65 bits per heavy atom. The zero-order valence-corrected chi connectivity index (χ0v) is 12.7. The molecule has 0 saturated heterocycles. The van der Waals surface area contributed by atoms with Crippen molar-refractivity contribution in [3.8, 4) is 5.69 Å². The molecule has 0 aliphatic rings. The van der Waals surface area contributed by atoms with E-state index < -0.39 is 0 Å². The number of nitrogens with zero attached hydrogens (tertiary/aromatic N) is 2. The third kappa shape index (κ3) is 1.67. The van der Waals surface area contributed by atoms with Crippen molar-refractivity contribution in [1.82, 2.24) is 14.8 Å². The van der Waals surface area contributed by atoms with Crippen LogP contribution < -0.4 is 0 Å². The highest BCUT2D eigenvalue weighted by Gasteiger charge is 2.12. The molecule has 0 fully saturated rings. The second-order valence-corrected chi connectivity index (χ2v) is 5.92. The fraction of sp³-hybridized carbons (Fsp3) is 0.0500. The van der Waals surface area contributed by atoms with Crippen molar-refractivity contribution < 1.29 is 0 Å². The molecule has 0 aliphatic heterocycles. The molecular weight excluding hydrogens is 282 g/mol. The van der Waals surface area contributed by atoms with Crippen LogP contribution in [0.25, 0.3) is 38.4 Å². The maximum atomic E-state index is 4.84. The van der Waals surface area contributed by atoms with Crippen molar-refractivity contribution in [1.29, 1.82) is 0 Å². The lowest BCUT2D eigenvalue weighted by molar-refractivity contribution is 0.902. The third-order valence-corrected chi connectivity index (χ3v) is 4.56. The summed E-state index contributed by atoms with van der Waals surface area (Å²) in [7, 11) is 0. The van der Waals surface area contributed by atoms with E-state index in [1.54, 1.807) is 0 Å². The van der Waals surface area contributed by atoms with E-state index >= 15 is 0 Å². The number of aryl methyl sites for hydroxylation is 1. The number of benzene rings is 3. The lowest BCUT2D eigenvalue weighted by Crippen LogP contribution is -1.98. The smallest absolute Gasteiger partial charge is 0.0825 e. The molecule has 5 rings (SSSR count). The highest BCUT2D eigenvalue weighted by Crippen LogP contribution is 2.32. The molecular formula is C20H15N3. The van der Waals surface area contributed by atoms with E-state index in [-0.39, 0.29) is 0 Å². The fourth-order valence-corrected chi connectivity index (χ4v) is 3.40. The van der Waals surface area contributed by atoms with E-state index in [0.717, 1.165) is 27.6 Å². The highest BCUT2D eigenvalue weighted by molar-refractivity contribution is 6.16. The second-order valence-electron chi connectivity index (χ2n) is 5.92. The zero-order chi connectivity index (χ0) is 15.4. The van der Waals surface area contributed by atoms with Gasteiger partial charge in [0.15, 0.2) is 0 Å². The molecule has 2 heterocycles. The number of para-hydroxylation sites is 2. The fourth-order valence-electron chi connectivity index (χ4n) is 3.40. The van der Waals surface area contributed by atoms with E-state index in [4.69, 9.17) is 4.98 Å². The van der Waals surface area contributed by atoms with Gasteiger partial charge in [-0.2, -0.15) is 0 Å². The quantitative estimate of drug-likeness (QED) is 0.465. The van der Waals surface area contributed by atoms with Crippen LogP contribution in [0, 0.1) is 6.92 Å². The van der Waals surface area contributed by atoms with Gasteiger partial charge in [0.1, 0.15) is 0 Å². The van der Waals surface area contributed by atoms with Crippen molar-refractivity contribution in [3.05, 3.63) is 72.4 Å². The number of H-pyrrole nitrogens is 1. The summed E-state index contributed by atoms with van der Waals surface area (Å²) in [6.07, 6.45) is 2.05. The Labute approximate surface area is 133 Å². The Kier molecular flexibility index (Phi) is 2.42. The summed E-state index contributed by atoms with van der Waals surface area (Å²) < 4.78 is 2.13. The molecule has 0 unspecified atom stereocenters. The topological polar surface area (TPSA) is 33.6 Å². The molecule has 3 heteroatoms. The average Bonchev–Trinajstić information content (AvgIpc) is 3.16. The minimum atomic E-state index is 1.05. The molecule has 0 atom stereocenters. The van der Waals surface area contributed by atoms with Crippen molar-refractivity contribution in [3.63, 3.8) is 0 Å². The van der Waals surface area contributed by atoms with Crippen molar-refractivity contribution >= 4 is 32.7 Å². The van der Waals surface area contributed by atoms with Gasteiger partial charge in [0, 0.05) is 22.4 Å². The summed E-state index contributed by atoms with van der Waals surface area (Å²) in [5, 5.41) is 6.97. The minimum Gasteiger partial charge on any atom is -0.300 e. The first-order valence-electron chi connectivity index (χ1n) is 7.76. The SMILES string of the molecule is Cc1ccccc1-n1[nH]cc2c3nc4ccccc4c3ccc21. The molecule has 23 heavy (non-hydrogen) atoms. The predicted molar refractivity (Wildman–Crippen MR) is 95.2 cm³/mol. The van der Waals surface area contributed by atoms with E-state index in [1.807, 2.05) is 6.07 Å². The minimum absolute atomic E-state index is 1.05. The van der Waals surface area contributed by atoms with Gasteiger partial charge in [0.2, 0.25) is 0 Å². The number of hydrogen-bond donors (Lipinski definition) is 1. The largest absolute Gasteiger partial charge is 0.300 e. The summed E-state index contributed by atoms with van der Waals surface area (Å²) in [6.45, 7) is 2.13. The standard InChI is InChI=1S/C20H15N3/c1-13-6-2-5-9-18(13)23-19-11-10-15-14-7-3-4-8-17(14)22-20(15)16(19)12-21-23/h2-12,21H,1H3. The summed E-state index contributed by atoms with van der Waals surface area (Å²) in [5.74, 6) is 0. The lowest BCUT2D eigenvalue weighted by atomic mass is 10.1. The first-order chi connectivity index (χ1) is 11.3. The number of hydrogen-bond acceptors (Lipinski definition) is 1. The molecule has 1 N–H and O–H groups in total. The summed E-state index contributed by atoms with van der Waals surface area (Å²) in [4.78, 5) is 4.84. The van der Waals surface area contributed by atoms with Crippen molar-refractivity contribution in [2.75, 3.05) is 0 Å². The predicted octanol–water partition coefficient (Wildman–Crippen LogP) is 4.97. The van der Waals surface area contributed by atoms with Gasteiger partial charge in [-0.3, -0.25) is 4.68 Å². The number of rotatable bonds is 1. The highest BCUT2D eigenvalue weighted by atomic mass is 15.3. The number of nitrogens with one attached hydrogen (secondary N) is 1. The maximum Gasteiger partial charge on any atom is 0.0825 e. The average molecular weight is 297 g/mol. The first kappa shape index (κ1) is 12.5. The van der Waals surface area contributed by atoms with Gasteiger partial charge < -0.3 is 5.10 Å². The van der Waals surface area contributed by atoms with Crippen LogP contribution in [0.5, 0.6) is 0 Å². The molecule has 0 radical (unpaired) electrons. The van der Waals surface area contributed by atoms with E-state index in [9.17, 15) is 0 Å². The van der Waals surface area contributed by atoms with Gasteiger partial charge >= 0.3 is 0 Å². The molecule has 110 valence electrons. The number of aromatic nitrogens is 3. The molecule has 0 bridgehead atoms. The van der Waals surface area contributed by atoms with Gasteiger partial charge in [0.25, 0.3) is 0 Å². The van der Waals surface area contributed by atoms with Gasteiger partial charge in [-0.15, -0.1) is 0 Å². The third-order valence-electron chi connectivity index (χ3n) is 4.56. The monoisotopic (exact) mass is 297 g/mol. The van der Waals surface area contributed by atoms with Crippen LogP contribution >= 0.6 is 0 Å². The lowest BCUT2D eigenvalue weighted by Gasteiger charge is -2.08. The Balaban J connectivity index is 1.89. The Bertz CT molecular complexity index is 1180. The molecule has 0 spiro atoms.